The quantitative estimate of drug-likeness (QED) is 0.833. The van der Waals surface area contributed by atoms with Gasteiger partial charge in [-0.1, -0.05) is 29.8 Å². The summed E-state index contributed by atoms with van der Waals surface area (Å²) in [5.41, 5.74) is 2.20. The normalized spacial score (nSPS) is 20.7. The number of nitrogens with zero attached hydrogens (tertiary/aromatic N) is 3. The molecule has 0 radical (unpaired) electrons. The molecule has 2 saturated heterocycles. The van der Waals surface area contributed by atoms with E-state index >= 15 is 0 Å². The molecule has 0 aromatic heterocycles. The lowest BCUT2D eigenvalue weighted by Crippen LogP contribution is -2.60. The number of nitrogens with one attached hydrogen (secondary N) is 1. The van der Waals surface area contributed by atoms with E-state index in [0.29, 0.717) is 19.6 Å². The fourth-order valence-corrected chi connectivity index (χ4v) is 3.35. The molecule has 8 heteroatoms. The van der Waals surface area contributed by atoms with Crippen LogP contribution in [-0.4, -0.2) is 70.7 Å². The lowest BCUT2D eigenvalue weighted by molar-refractivity contribution is -0.152. The van der Waals surface area contributed by atoms with Crippen molar-refractivity contribution in [2.75, 3.05) is 26.2 Å². The molecule has 2 aliphatic heterocycles. The third-order valence-electron chi connectivity index (χ3n) is 5.02. The van der Waals surface area contributed by atoms with Crippen molar-refractivity contribution in [3.8, 4) is 0 Å². The second kappa shape index (κ2) is 7.77. The van der Waals surface area contributed by atoms with Gasteiger partial charge in [-0.3, -0.25) is 19.3 Å². The maximum absolute atomic E-state index is 12.7. The molecule has 0 aliphatic carbocycles. The van der Waals surface area contributed by atoms with Crippen molar-refractivity contribution < 1.29 is 19.2 Å². The van der Waals surface area contributed by atoms with Gasteiger partial charge in [0, 0.05) is 32.6 Å². The zero-order valence-corrected chi connectivity index (χ0v) is 15.6. The maximum Gasteiger partial charge on any atom is 0.324 e. The number of urea groups is 1. The molecule has 8 nitrogen and oxygen atoms in total. The van der Waals surface area contributed by atoms with E-state index in [0.717, 1.165) is 16.0 Å². The van der Waals surface area contributed by atoms with Gasteiger partial charge < -0.3 is 15.1 Å². The van der Waals surface area contributed by atoms with Crippen molar-refractivity contribution in [1.29, 1.82) is 0 Å². The van der Waals surface area contributed by atoms with Crippen molar-refractivity contribution >= 4 is 23.8 Å². The first-order chi connectivity index (χ1) is 12.9. The van der Waals surface area contributed by atoms with E-state index < -0.39 is 18.0 Å². The average Bonchev–Trinajstić information content (AvgIpc) is 2.64. The van der Waals surface area contributed by atoms with Gasteiger partial charge in [0.2, 0.25) is 17.7 Å². The van der Waals surface area contributed by atoms with Crippen molar-refractivity contribution in [2.45, 2.75) is 32.9 Å². The number of carbonyl (C=O) groups excluding carboxylic acids is 4. The highest BCUT2D eigenvalue weighted by molar-refractivity contribution is 6.00. The highest BCUT2D eigenvalue weighted by Crippen LogP contribution is 2.16. The summed E-state index contributed by atoms with van der Waals surface area (Å²) in [6.07, 6.45) is 0.178. The summed E-state index contributed by atoms with van der Waals surface area (Å²) in [4.78, 5) is 53.1. The summed E-state index contributed by atoms with van der Waals surface area (Å²) in [7, 11) is 0. The Labute approximate surface area is 158 Å². The molecule has 0 bridgehead atoms. The maximum atomic E-state index is 12.7. The number of rotatable bonds is 4. The Morgan fingerprint density at radius 3 is 2.52 bits per heavy atom. The van der Waals surface area contributed by atoms with Gasteiger partial charge in [-0.05, 0) is 19.4 Å². The summed E-state index contributed by atoms with van der Waals surface area (Å²) in [5.74, 6) is -0.898. The first kappa shape index (κ1) is 18.9. The van der Waals surface area contributed by atoms with Crippen LogP contribution in [0.5, 0.6) is 0 Å². The first-order valence-corrected chi connectivity index (χ1v) is 9.09. The van der Waals surface area contributed by atoms with Crippen molar-refractivity contribution in [3.05, 3.63) is 35.4 Å². The van der Waals surface area contributed by atoms with Crippen molar-refractivity contribution in [1.82, 2.24) is 20.0 Å². The molecule has 5 amide bonds. The molecule has 1 aromatic rings. The Kier molecular flexibility index (Phi) is 5.43. The molecule has 3 rings (SSSR count). The zero-order valence-electron chi connectivity index (χ0n) is 15.6. The van der Waals surface area contributed by atoms with Gasteiger partial charge in [0.15, 0.2) is 0 Å². The minimum absolute atomic E-state index is 0.135. The summed E-state index contributed by atoms with van der Waals surface area (Å²) in [6.45, 7) is 4.94. The fraction of sp³-hybridized carbons (Fsp3) is 0.474. The van der Waals surface area contributed by atoms with E-state index in [1.165, 1.54) is 4.90 Å². The number of amides is 5. The number of hydrogen-bond acceptors (Lipinski definition) is 4. The van der Waals surface area contributed by atoms with Gasteiger partial charge in [0.1, 0.15) is 12.6 Å². The SMILES string of the molecule is Cc1ccc(CN2CCN(C(=O)CN3C(=O)CCNC3=O)[C@H](C)C2=O)cc1. The standard InChI is InChI=1S/C19H24N4O4/c1-13-3-5-15(6-4-13)11-21-9-10-22(14(2)18(21)26)17(25)12-23-16(24)7-8-20-19(23)27/h3-6,14H,7-12H2,1-2H3,(H,20,27)/t14-/m1/s1. The molecule has 144 valence electrons. The monoisotopic (exact) mass is 372 g/mol. The Morgan fingerprint density at radius 1 is 1.15 bits per heavy atom. The zero-order chi connectivity index (χ0) is 19.6. The fourth-order valence-electron chi connectivity index (χ4n) is 3.35. The number of imide groups is 1. The van der Waals surface area contributed by atoms with E-state index in [4.69, 9.17) is 0 Å². The van der Waals surface area contributed by atoms with E-state index in [1.54, 1.807) is 11.8 Å². The molecule has 1 aromatic carbocycles. The van der Waals surface area contributed by atoms with E-state index in [2.05, 4.69) is 5.32 Å². The largest absolute Gasteiger partial charge is 0.337 e. The molecule has 1 atom stereocenters. The number of aryl methyl sites for hydroxylation is 1. The summed E-state index contributed by atoms with van der Waals surface area (Å²) < 4.78 is 0. The molecule has 27 heavy (non-hydrogen) atoms. The van der Waals surface area contributed by atoms with Crippen molar-refractivity contribution in [2.24, 2.45) is 0 Å². The van der Waals surface area contributed by atoms with E-state index in [-0.39, 0.29) is 31.3 Å². The number of carbonyl (C=O) groups is 4. The molecule has 2 heterocycles. The van der Waals surface area contributed by atoms with Crippen molar-refractivity contribution in [3.63, 3.8) is 0 Å². The predicted molar refractivity (Wildman–Crippen MR) is 97.5 cm³/mol. The van der Waals surface area contributed by atoms with Crippen LogP contribution in [0, 0.1) is 6.92 Å². The predicted octanol–water partition coefficient (Wildman–Crippen LogP) is 0.496. The molecule has 0 unspecified atom stereocenters. The highest BCUT2D eigenvalue weighted by Gasteiger charge is 2.36. The summed E-state index contributed by atoms with van der Waals surface area (Å²) in [5, 5.41) is 2.55. The van der Waals surface area contributed by atoms with Crippen LogP contribution < -0.4 is 5.32 Å². The van der Waals surface area contributed by atoms with Gasteiger partial charge >= 0.3 is 6.03 Å². The van der Waals surface area contributed by atoms with Gasteiger partial charge in [0.25, 0.3) is 0 Å². The second-order valence-corrected chi connectivity index (χ2v) is 6.97. The van der Waals surface area contributed by atoms with Crippen LogP contribution in [0.25, 0.3) is 0 Å². The van der Waals surface area contributed by atoms with Gasteiger partial charge in [-0.2, -0.15) is 0 Å². The van der Waals surface area contributed by atoms with Crippen LogP contribution >= 0.6 is 0 Å². The lowest BCUT2D eigenvalue weighted by Gasteiger charge is -2.40. The van der Waals surface area contributed by atoms with Crippen LogP contribution in [0.3, 0.4) is 0 Å². The third-order valence-corrected chi connectivity index (χ3v) is 5.02. The van der Waals surface area contributed by atoms with Crippen LogP contribution in [0.2, 0.25) is 0 Å². The summed E-state index contributed by atoms with van der Waals surface area (Å²) >= 11 is 0. The summed E-state index contributed by atoms with van der Waals surface area (Å²) in [6, 6.07) is 6.81. The highest BCUT2D eigenvalue weighted by atomic mass is 16.2. The molecular weight excluding hydrogens is 348 g/mol. The van der Waals surface area contributed by atoms with Gasteiger partial charge in [-0.15, -0.1) is 0 Å². The molecular formula is C19H24N4O4. The Hall–Kier alpha value is -2.90. The second-order valence-electron chi connectivity index (χ2n) is 6.97. The molecule has 0 spiro atoms. The minimum Gasteiger partial charge on any atom is -0.337 e. The van der Waals surface area contributed by atoms with Crippen LogP contribution in [0.4, 0.5) is 4.79 Å². The number of hydrogen-bond donors (Lipinski definition) is 1. The lowest BCUT2D eigenvalue weighted by atomic mass is 10.1. The van der Waals surface area contributed by atoms with Crippen LogP contribution in [-0.2, 0) is 20.9 Å². The Bertz CT molecular complexity index is 745. The molecule has 1 N–H and O–H groups in total. The molecule has 2 aliphatic rings. The minimum atomic E-state index is -0.625. The Balaban J connectivity index is 1.61. The molecule has 2 fully saturated rings. The first-order valence-electron chi connectivity index (χ1n) is 9.09. The van der Waals surface area contributed by atoms with Crippen LogP contribution in [0.15, 0.2) is 24.3 Å². The average molecular weight is 372 g/mol. The number of piperazine rings is 1. The smallest absolute Gasteiger partial charge is 0.324 e. The number of benzene rings is 1. The van der Waals surface area contributed by atoms with E-state index in [9.17, 15) is 19.2 Å². The van der Waals surface area contributed by atoms with Crippen LogP contribution in [0.1, 0.15) is 24.5 Å². The van der Waals surface area contributed by atoms with Gasteiger partial charge in [0.05, 0.1) is 0 Å². The molecule has 0 saturated carbocycles. The third kappa shape index (κ3) is 4.10. The van der Waals surface area contributed by atoms with E-state index in [1.807, 2.05) is 31.2 Å². The Morgan fingerprint density at radius 2 is 1.85 bits per heavy atom. The van der Waals surface area contributed by atoms with Gasteiger partial charge in [-0.25, -0.2) is 4.79 Å². The topological polar surface area (TPSA) is 90.0 Å².